The maximum absolute atomic E-state index is 13.5. The average Bonchev–Trinajstić information content (AvgIpc) is 2.24. The van der Waals surface area contributed by atoms with Crippen LogP contribution in [0.3, 0.4) is 0 Å². The van der Waals surface area contributed by atoms with Gasteiger partial charge in [0, 0.05) is 25.7 Å². The molecule has 0 unspecified atom stereocenters. The van der Waals surface area contributed by atoms with Crippen LogP contribution in [0.5, 0.6) is 5.75 Å². The van der Waals surface area contributed by atoms with Crippen LogP contribution in [0.25, 0.3) is 0 Å². The number of hydrogen-bond acceptors (Lipinski definition) is 2. The molecule has 1 aromatic rings. The molecule has 0 bridgehead atoms. The van der Waals surface area contributed by atoms with Crippen LogP contribution in [0, 0.1) is 17.6 Å². The number of carbonyl (C=O) groups is 1. The fourth-order valence-electron chi connectivity index (χ4n) is 1.52. The van der Waals surface area contributed by atoms with E-state index in [1.54, 1.807) is 0 Å². The van der Waals surface area contributed by atoms with Crippen LogP contribution in [-0.4, -0.2) is 29.5 Å². The molecule has 1 aromatic carbocycles. The Morgan fingerprint density at radius 1 is 1.39 bits per heavy atom. The van der Waals surface area contributed by atoms with Gasteiger partial charge in [-0.3, -0.25) is 4.79 Å². The first kappa shape index (κ1) is 14.4. The van der Waals surface area contributed by atoms with Gasteiger partial charge in [-0.2, -0.15) is 0 Å². The fourth-order valence-corrected chi connectivity index (χ4v) is 1.52. The molecule has 0 fully saturated rings. The lowest BCUT2D eigenvalue weighted by Crippen LogP contribution is -2.29. The largest absolute Gasteiger partial charge is 0.507 e. The maximum Gasteiger partial charge on any atom is 0.260 e. The highest BCUT2D eigenvalue weighted by molar-refractivity contribution is 5.96. The Kier molecular flexibility index (Phi) is 4.64. The van der Waals surface area contributed by atoms with Crippen molar-refractivity contribution < 1.29 is 18.7 Å². The van der Waals surface area contributed by atoms with E-state index in [2.05, 4.69) is 0 Å². The van der Waals surface area contributed by atoms with Crippen LogP contribution >= 0.6 is 0 Å². The Morgan fingerprint density at radius 2 is 2.00 bits per heavy atom. The molecule has 0 saturated heterocycles. The molecule has 5 heteroatoms. The molecule has 3 nitrogen and oxygen atoms in total. The number of amides is 1. The predicted octanol–water partition coefficient (Wildman–Crippen LogP) is 2.79. The topological polar surface area (TPSA) is 40.5 Å². The van der Waals surface area contributed by atoms with Crippen LogP contribution < -0.4 is 0 Å². The Balaban J connectivity index is 2.90. The molecular formula is C13H17F2NO2. The molecule has 0 heterocycles. The summed E-state index contributed by atoms with van der Waals surface area (Å²) in [5.41, 5.74) is -0.484. The van der Waals surface area contributed by atoms with Gasteiger partial charge in [-0.15, -0.1) is 0 Å². The highest BCUT2D eigenvalue weighted by Crippen LogP contribution is 2.23. The Morgan fingerprint density at radius 3 is 2.50 bits per heavy atom. The van der Waals surface area contributed by atoms with E-state index < -0.39 is 28.9 Å². The molecule has 100 valence electrons. The van der Waals surface area contributed by atoms with Crippen molar-refractivity contribution in [1.82, 2.24) is 4.90 Å². The van der Waals surface area contributed by atoms with Gasteiger partial charge in [-0.1, -0.05) is 13.8 Å². The number of halogens is 2. The second kappa shape index (κ2) is 5.80. The minimum Gasteiger partial charge on any atom is -0.507 e. The maximum atomic E-state index is 13.5. The van der Waals surface area contributed by atoms with Crippen molar-refractivity contribution in [3.05, 3.63) is 29.3 Å². The SMILES string of the molecule is CC(C)CCN(C)C(=O)c1c(O)cc(F)cc1F. The van der Waals surface area contributed by atoms with Gasteiger partial charge in [-0.25, -0.2) is 8.78 Å². The molecule has 1 N–H and O–H groups in total. The minimum atomic E-state index is -1.05. The third kappa shape index (κ3) is 3.42. The first-order chi connectivity index (χ1) is 8.32. The summed E-state index contributed by atoms with van der Waals surface area (Å²) in [5.74, 6) is -2.87. The van der Waals surface area contributed by atoms with E-state index in [9.17, 15) is 18.7 Å². The molecule has 0 radical (unpaired) electrons. The third-order valence-corrected chi connectivity index (χ3v) is 2.64. The number of nitrogens with zero attached hydrogens (tertiary/aromatic N) is 1. The Labute approximate surface area is 105 Å². The van der Waals surface area contributed by atoms with Gasteiger partial charge in [0.25, 0.3) is 5.91 Å². The lowest BCUT2D eigenvalue weighted by molar-refractivity contribution is 0.0781. The van der Waals surface area contributed by atoms with E-state index in [4.69, 9.17) is 0 Å². The molecule has 0 atom stereocenters. The molecule has 0 aliphatic carbocycles. The molecule has 0 aliphatic rings. The first-order valence-corrected chi connectivity index (χ1v) is 5.76. The van der Waals surface area contributed by atoms with Crippen molar-refractivity contribution in [2.45, 2.75) is 20.3 Å². The summed E-state index contributed by atoms with van der Waals surface area (Å²) in [6.07, 6.45) is 0.770. The van der Waals surface area contributed by atoms with Crippen molar-refractivity contribution >= 4 is 5.91 Å². The van der Waals surface area contributed by atoms with Gasteiger partial charge in [0.05, 0.1) is 0 Å². The van der Waals surface area contributed by atoms with E-state index in [0.29, 0.717) is 18.5 Å². The Bertz CT molecular complexity index is 424. The standard InChI is InChI=1S/C13H17F2NO2/c1-8(2)4-5-16(3)13(18)12-10(15)6-9(14)7-11(12)17/h6-8,17H,4-5H2,1-3H3. The van der Waals surface area contributed by atoms with Crippen molar-refractivity contribution in [3.63, 3.8) is 0 Å². The highest BCUT2D eigenvalue weighted by atomic mass is 19.1. The molecule has 0 spiro atoms. The van der Waals surface area contributed by atoms with Gasteiger partial charge >= 0.3 is 0 Å². The van der Waals surface area contributed by atoms with E-state index >= 15 is 0 Å². The number of phenolic OH excluding ortho intramolecular Hbond substituents is 1. The number of carbonyl (C=O) groups excluding carboxylic acids is 1. The second-order valence-corrected chi connectivity index (χ2v) is 4.69. The summed E-state index contributed by atoms with van der Waals surface area (Å²) in [4.78, 5) is 13.2. The zero-order valence-corrected chi connectivity index (χ0v) is 10.7. The lowest BCUT2D eigenvalue weighted by atomic mass is 10.1. The number of hydrogen-bond donors (Lipinski definition) is 1. The Hall–Kier alpha value is -1.65. The van der Waals surface area contributed by atoms with Crippen molar-refractivity contribution in [3.8, 4) is 5.75 Å². The molecular weight excluding hydrogens is 240 g/mol. The van der Waals surface area contributed by atoms with Crippen molar-refractivity contribution in [2.75, 3.05) is 13.6 Å². The highest BCUT2D eigenvalue weighted by Gasteiger charge is 2.21. The van der Waals surface area contributed by atoms with E-state index in [1.165, 1.54) is 11.9 Å². The quantitative estimate of drug-likeness (QED) is 0.901. The fraction of sp³-hybridized carbons (Fsp3) is 0.462. The lowest BCUT2D eigenvalue weighted by Gasteiger charge is -2.19. The van der Waals surface area contributed by atoms with E-state index in [0.717, 1.165) is 12.5 Å². The zero-order valence-electron chi connectivity index (χ0n) is 10.7. The minimum absolute atomic E-state index is 0.409. The molecule has 0 aliphatic heterocycles. The van der Waals surface area contributed by atoms with Crippen LogP contribution in [0.2, 0.25) is 0 Å². The molecule has 0 aromatic heterocycles. The summed E-state index contributed by atoms with van der Waals surface area (Å²) < 4.78 is 26.3. The summed E-state index contributed by atoms with van der Waals surface area (Å²) in [7, 11) is 1.52. The van der Waals surface area contributed by atoms with Gasteiger partial charge in [0.15, 0.2) is 0 Å². The normalized spacial score (nSPS) is 10.8. The van der Waals surface area contributed by atoms with Crippen LogP contribution in [-0.2, 0) is 0 Å². The van der Waals surface area contributed by atoms with Crippen LogP contribution in [0.4, 0.5) is 8.78 Å². The van der Waals surface area contributed by atoms with Gasteiger partial charge < -0.3 is 10.0 Å². The summed E-state index contributed by atoms with van der Waals surface area (Å²) in [6, 6.07) is 1.32. The van der Waals surface area contributed by atoms with E-state index in [1.807, 2.05) is 13.8 Å². The number of aromatic hydroxyl groups is 1. The monoisotopic (exact) mass is 257 g/mol. The predicted molar refractivity (Wildman–Crippen MR) is 64.4 cm³/mol. The first-order valence-electron chi connectivity index (χ1n) is 5.76. The number of benzene rings is 1. The summed E-state index contributed by atoms with van der Waals surface area (Å²) in [5, 5.41) is 9.44. The molecule has 1 amide bonds. The smallest absolute Gasteiger partial charge is 0.260 e. The molecule has 1 rings (SSSR count). The van der Waals surface area contributed by atoms with Gasteiger partial charge in [0.1, 0.15) is 22.9 Å². The molecule has 18 heavy (non-hydrogen) atoms. The summed E-state index contributed by atoms with van der Waals surface area (Å²) >= 11 is 0. The zero-order chi connectivity index (χ0) is 13.9. The van der Waals surface area contributed by atoms with Gasteiger partial charge in [0.2, 0.25) is 0 Å². The number of phenols is 1. The number of rotatable bonds is 4. The third-order valence-electron chi connectivity index (χ3n) is 2.64. The van der Waals surface area contributed by atoms with Crippen LogP contribution in [0.1, 0.15) is 30.6 Å². The second-order valence-electron chi connectivity index (χ2n) is 4.69. The van der Waals surface area contributed by atoms with Gasteiger partial charge in [-0.05, 0) is 12.3 Å². The average molecular weight is 257 g/mol. The van der Waals surface area contributed by atoms with E-state index in [-0.39, 0.29) is 0 Å². The van der Waals surface area contributed by atoms with Crippen LogP contribution in [0.15, 0.2) is 12.1 Å². The molecule has 0 saturated carbocycles. The van der Waals surface area contributed by atoms with Crippen molar-refractivity contribution in [2.24, 2.45) is 5.92 Å². The van der Waals surface area contributed by atoms with Crippen molar-refractivity contribution in [1.29, 1.82) is 0 Å². The summed E-state index contributed by atoms with van der Waals surface area (Å²) in [6.45, 7) is 4.47.